The number of pyridine rings is 1. The molecule has 3 rings (SSSR count). The Kier molecular flexibility index (Phi) is 5.05. The van der Waals surface area contributed by atoms with E-state index in [1.54, 1.807) is 17.2 Å². The van der Waals surface area contributed by atoms with Gasteiger partial charge in [-0.25, -0.2) is 14.6 Å². The average Bonchev–Trinajstić information content (AvgIpc) is 3.14. The highest BCUT2D eigenvalue weighted by Crippen LogP contribution is 2.18. The Morgan fingerprint density at radius 2 is 2.00 bits per heavy atom. The summed E-state index contributed by atoms with van der Waals surface area (Å²) < 4.78 is 7.35. The first-order valence-corrected chi connectivity index (χ1v) is 7.98. The summed E-state index contributed by atoms with van der Waals surface area (Å²) in [5, 5.41) is 7.53. The van der Waals surface area contributed by atoms with Crippen LogP contribution in [0.25, 0.3) is 5.82 Å². The maximum atomic E-state index is 5.70. The first kappa shape index (κ1) is 16.0. The SMILES string of the molecule is CC(C)COc1ccc(CNc2cccnc2-n2cncn2)cc1. The molecule has 0 radical (unpaired) electrons. The predicted molar refractivity (Wildman–Crippen MR) is 93.3 cm³/mol. The van der Waals surface area contributed by atoms with E-state index in [0.717, 1.165) is 23.9 Å². The highest BCUT2D eigenvalue weighted by molar-refractivity contribution is 5.56. The van der Waals surface area contributed by atoms with Crippen molar-refractivity contribution >= 4 is 5.69 Å². The molecule has 6 nitrogen and oxygen atoms in total. The van der Waals surface area contributed by atoms with Gasteiger partial charge in [0, 0.05) is 12.7 Å². The molecule has 0 aliphatic rings. The summed E-state index contributed by atoms with van der Waals surface area (Å²) in [7, 11) is 0. The summed E-state index contributed by atoms with van der Waals surface area (Å²) in [4.78, 5) is 8.33. The Balaban J connectivity index is 1.64. The second kappa shape index (κ2) is 7.59. The van der Waals surface area contributed by atoms with Crippen molar-refractivity contribution in [2.45, 2.75) is 20.4 Å². The summed E-state index contributed by atoms with van der Waals surface area (Å²) in [6, 6.07) is 12.0. The summed E-state index contributed by atoms with van der Waals surface area (Å²) >= 11 is 0. The Morgan fingerprint density at radius 3 is 2.71 bits per heavy atom. The molecular weight excluding hydrogens is 302 g/mol. The zero-order chi connectivity index (χ0) is 16.8. The topological polar surface area (TPSA) is 64.9 Å². The van der Waals surface area contributed by atoms with Crippen molar-refractivity contribution in [1.29, 1.82) is 0 Å². The molecule has 0 saturated carbocycles. The second-order valence-electron chi connectivity index (χ2n) is 5.92. The van der Waals surface area contributed by atoms with E-state index in [0.29, 0.717) is 12.5 Å². The molecule has 0 amide bonds. The van der Waals surface area contributed by atoms with Gasteiger partial charge in [0.15, 0.2) is 5.82 Å². The fraction of sp³-hybridized carbons (Fsp3) is 0.278. The molecule has 0 unspecified atom stereocenters. The van der Waals surface area contributed by atoms with Gasteiger partial charge in [-0.1, -0.05) is 26.0 Å². The smallest absolute Gasteiger partial charge is 0.178 e. The Hall–Kier alpha value is -2.89. The minimum Gasteiger partial charge on any atom is -0.493 e. The lowest BCUT2D eigenvalue weighted by atomic mass is 10.2. The standard InChI is InChI=1S/C18H21N5O/c1-14(2)11-24-16-7-5-15(6-8-16)10-21-17-4-3-9-20-18(17)23-13-19-12-22-23/h3-9,12-14,21H,10-11H2,1-2H3. The quantitative estimate of drug-likeness (QED) is 0.722. The molecule has 6 heteroatoms. The molecule has 1 N–H and O–H groups in total. The zero-order valence-electron chi connectivity index (χ0n) is 13.9. The third kappa shape index (κ3) is 4.10. The van der Waals surface area contributed by atoms with E-state index in [4.69, 9.17) is 4.74 Å². The van der Waals surface area contributed by atoms with Crippen LogP contribution in [0, 0.1) is 5.92 Å². The number of nitrogens with zero attached hydrogens (tertiary/aromatic N) is 4. The lowest BCUT2D eigenvalue weighted by Crippen LogP contribution is -2.07. The number of anilines is 1. The summed E-state index contributed by atoms with van der Waals surface area (Å²) in [6.07, 6.45) is 4.87. The van der Waals surface area contributed by atoms with Crippen LogP contribution < -0.4 is 10.1 Å². The van der Waals surface area contributed by atoms with E-state index in [-0.39, 0.29) is 0 Å². The van der Waals surface area contributed by atoms with Crippen molar-refractivity contribution in [2.75, 3.05) is 11.9 Å². The van der Waals surface area contributed by atoms with Gasteiger partial charge < -0.3 is 10.1 Å². The highest BCUT2D eigenvalue weighted by Gasteiger charge is 2.06. The normalized spacial score (nSPS) is 10.8. The van der Waals surface area contributed by atoms with Crippen LogP contribution in [-0.4, -0.2) is 26.4 Å². The number of rotatable bonds is 7. The van der Waals surface area contributed by atoms with Crippen molar-refractivity contribution in [3.8, 4) is 11.6 Å². The highest BCUT2D eigenvalue weighted by atomic mass is 16.5. The van der Waals surface area contributed by atoms with Crippen molar-refractivity contribution in [1.82, 2.24) is 19.7 Å². The molecule has 124 valence electrons. The molecule has 24 heavy (non-hydrogen) atoms. The monoisotopic (exact) mass is 323 g/mol. The van der Waals surface area contributed by atoms with Gasteiger partial charge >= 0.3 is 0 Å². The van der Waals surface area contributed by atoms with Crippen LogP contribution in [-0.2, 0) is 6.54 Å². The number of aromatic nitrogens is 4. The third-order valence-corrected chi connectivity index (χ3v) is 3.41. The Labute approximate surface area is 141 Å². The van der Waals surface area contributed by atoms with E-state index >= 15 is 0 Å². The van der Waals surface area contributed by atoms with Crippen molar-refractivity contribution in [3.63, 3.8) is 0 Å². The first-order valence-electron chi connectivity index (χ1n) is 7.98. The van der Waals surface area contributed by atoms with Gasteiger partial charge in [0.2, 0.25) is 0 Å². The summed E-state index contributed by atoms with van der Waals surface area (Å²) in [5.41, 5.74) is 2.07. The van der Waals surface area contributed by atoms with E-state index < -0.39 is 0 Å². The van der Waals surface area contributed by atoms with Crippen LogP contribution in [0.1, 0.15) is 19.4 Å². The molecule has 0 bridgehead atoms. The molecule has 0 spiro atoms. The number of ether oxygens (including phenoxy) is 1. The molecule has 0 fully saturated rings. The van der Waals surface area contributed by atoms with Gasteiger partial charge in [0.1, 0.15) is 18.4 Å². The Morgan fingerprint density at radius 1 is 1.17 bits per heavy atom. The van der Waals surface area contributed by atoms with Gasteiger partial charge in [-0.15, -0.1) is 0 Å². The van der Waals surface area contributed by atoms with Gasteiger partial charge in [-0.3, -0.25) is 0 Å². The number of benzene rings is 1. The average molecular weight is 323 g/mol. The van der Waals surface area contributed by atoms with Gasteiger partial charge in [0.25, 0.3) is 0 Å². The molecule has 0 aliphatic carbocycles. The van der Waals surface area contributed by atoms with Crippen LogP contribution in [0.5, 0.6) is 5.75 Å². The third-order valence-electron chi connectivity index (χ3n) is 3.41. The first-order chi connectivity index (χ1) is 11.7. The maximum Gasteiger partial charge on any atom is 0.178 e. The molecule has 3 aromatic rings. The second-order valence-corrected chi connectivity index (χ2v) is 5.92. The van der Waals surface area contributed by atoms with E-state index in [2.05, 4.69) is 46.4 Å². The minimum absolute atomic E-state index is 0.520. The van der Waals surface area contributed by atoms with Gasteiger partial charge in [-0.2, -0.15) is 5.10 Å². The molecular formula is C18H21N5O. The van der Waals surface area contributed by atoms with Gasteiger partial charge in [0.05, 0.1) is 12.3 Å². The lowest BCUT2D eigenvalue weighted by molar-refractivity contribution is 0.271. The predicted octanol–water partition coefficient (Wildman–Crippen LogP) is 3.31. The number of nitrogens with one attached hydrogen (secondary N) is 1. The van der Waals surface area contributed by atoms with Gasteiger partial charge in [-0.05, 0) is 35.7 Å². The fourth-order valence-electron chi connectivity index (χ4n) is 2.20. The van der Waals surface area contributed by atoms with E-state index in [1.807, 2.05) is 24.3 Å². The molecule has 1 aromatic carbocycles. The zero-order valence-corrected chi connectivity index (χ0v) is 13.9. The van der Waals surface area contributed by atoms with Crippen molar-refractivity contribution in [3.05, 3.63) is 60.8 Å². The fourth-order valence-corrected chi connectivity index (χ4v) is 2.20. The molecule has 0 aliphatic heterocycles. The van der Waals surface area contributed by atoms with Crippen LogP contribution >= 0.6 is 0 Å². The van der Waals surface area contributed by atoms with Crippen LogP contribution in [0.15, 0.2) is 55.2 Å². The van der Waals surface area contributed by atoms with Crippen LogP contribution in [0.2, 0.25) is 0 Å². The van der Waals surface area contributed by atoms with Crippen LogP contribution in [0.3, 0.4) is 0 Å². The van der Waals surface area contributed by atoms with E-state index in [9.17, 15) is 0 Å². The lowest BCUT2D eigenvalue weighted by Gasteiger charge is -2.12. The molecule has 0 atom stereocenters. The summed E-state index contributed by atoms with van der Waals surface area (Å²) in [6.45, 7) is 5.70. The van der Waals surface area contributed by atoms with Crippen LogP contribution in [0.4, 0.5) is 5.69 Å². The molecule has 2 aromatic heterocycles. The van der Waals surface area contributed by atoms with Crippen molar-refractivity contribution in [2.24, 2.45) is 5.92 Å². The van der Waals surface area contributed by atoms with E-state index in [1.165, 1.54) is 11.9 Å². The molecule has 2 heterocycles. The summed E-state index contributed by atoms with van der Waals surface area (Å²) in [5.74, 6) is 2.15. The maximum absolute atomic E-state index is 5.70. The Bertz CT molecular complexity index is 753. The molecule has 0 saturated heterocycles. The number of hydrogen-bond acceptors (Lipinski definition) is 5. The van der Waals surface area contributed by atoms with Crippen molar-refractivity contribution < 1.29 is 4.74 Å². The largest absolute Gasteiger partial charge is 0.493 e. The minimum atomic E-state index is 0.520. The number of hydrogen-bond donors (Lipinski definition) is 1.